The first-order valence-electron chi connectivity index (χ1n) is 14.0. The van der Waals surface area contributed by atoms with E-state index in [-0.39, 0.29) is 29.9 Å². The minimum absolute atomic E-state index is 0.0480. The molecular weight excluding hydrogens is 538 g/mol. The van der Waals surface area contributed by atoms with E-state index in [4.69, 9.17) is 0 Å². The van der Waals surface area contributed by atoms with Crippen LogP contribution < -0.4 is 19.8 Å². The molecule has 1 aliphatic rings. The van der Waals surface area contributed by atoms with Gasteiger partial charge in [0.15, 0.2) is 0 Å². The molecule has 2 atom stereocenters. The van der Waals surface area contributed by atoms with Gasteiger partial charge in [-0.25, -0.2) is 13.1 Å². The van der Waals surface area contributed by atoms with Crippen LogP contribution in [0.15, 0.2) is 59.6 Å². The van der Waals surface area contributed by atoms with Gasteiger partial charge in [-0.1, -0.05) is 44.2 Å². The standard InChI is InChI=1S/C31H39N5O4S/c1-19(2)30-31(38)34-22(18-37)16-21-17-32-29-20(12-13-26(28(21)29)36(30)5)14-15-33-41(39,40)27-11-7-8-23-24(27)9-6-10-25(23)35(3)4/h6-13,17,19,22,30,32-33,37H,14-16,18H2,1-5H3,(H,34,38)/t22-,30-/m0/s1. The number of carbonyl (C=O) groups is 1. The Hall–Kier alpha value is -3.60. The molecule has 1 aromatic heterocycles. The van der Waals surface area contributed by atoms with Gasteiger partial charge in [-0.15, -0.1) is 0 Å². The van der Waals surface area contributed by atoms with Crippen LogP contribution in [0.1, 0.15) is 25.0 Å². The molecule has 0 unspecified atom stereocenters. The molecule has 0 saturated heterocycles. The molecular formula is C31H39N5O4S. The van der Waals surface area contributed by atoms with E-state index in [1.807, 2.05) is 87.4 Å². The fourth-order valence-corrected chi connectivity index (χ4v) is 7.35. The summed E-state index contributed by atoms with van der Waals surface area (Å²) in [5, 5.41) is 15.6. The number of hydrogen-bond donors (Lipinski definition) is 4. The van der Waals surface area contributed by atoms with Gasteiger partial charge in [0.05, 0.1) is 23.1 Å². The summed E-state index contributed by atoms with van der Waals surface area (Å²) >= 11 is 0. The summed E-state index contributed by atoms with van der Waals surface area (Å²) in [5.41, 5.74) is 4.77. The molecule has 4 N–H and O–H groups in total. The zero-order valence-corrected chi connectivity index (χ0v) is 25.0. The summed E-state index contributed by atoms with van der Waals surface area (Å²) in [6.07, 6.45) is 2.89. The SMILES string of the molecule is CC(C)[C@H]1C(=O)N[C@H](CO)Cc2c[nH]c3c(CCNS(=O)(=O)c4cccc5c(N(C)C)cccc45)ccc(c23)N1C. The van der Waals surface area contributed by atoms with Crippen LogP contribution in [0.4, 0.5) is 11.4 Å². The maximum Gasteiger partial charge on any atom is 0.243 e. The number of H-pyrrole nitrogens is 1. The lowest BCUT2D eigenvalue weighted by Crippen LogP contribution is -2.52. The molecule has 4 aromatic rings. The second-order valence-corrected chi connectivity index (χ2v) is 13.1. The number of likely N-dealkylation sites (N-methyl/N-ethyl adjacent to an activating group) is 1. The molecule has 0 saturated carbocycles. The number of fused-ring (bicyclic) bond motifs is 1. The third-order valence-electron chi connectivity index (χ3n) is 8.03. The van der Waals surface area contributed by atoms with Gasteiger partial charge in [0, 0.05) is 61.4 Å². The van der Waals surface area contributed by atoms with E-state index >= 15 is 0 Å². The van der Waals surface area contributed by atoms with Crippen molar-refractivity contribution < 1.29 is 18.3 Å². The first kappa shape index (κ1) is 28.9. The van der Waals surface area contributed by atoms with Crippen molar-refractivity contribution in [1.82, 2.24) is 15.0 Å². The Morgan fingerprint density at radius 3 is 2.54 bits per heavy atom. The Labute approximate surface area is 241 Å². The molecule has 41 heavy (non-hydrogen) atoms. The summed E-state index contributed by atoms with van der Waals surface area (Å²) in [4.78, 5) is 20.8. The molecule has 1 aliphatic heterocycles. The van der Waals surface area contributed by atoms with E-state index in [1.54, 1.807) is 12.1 Å². The number of anilines is 2. The molecule has 2 heterocycles. The van der Waals surface area contributed by atoms with Crippen LogP contribution in [-0.4, -0.2) is 70.8 Å². The highest BCUT2D eigenvalue weighted by atomic mass is 32.2. The fraction of sp³-hybridized carbons (Fsp3) is 0.387. The molecule has 10 heteroatoms. The number of nitrogens with one attached hydrogen (secondary N) is 3. The van der Waals surface area contributed by atoms with Crippen molar-refractivity contribution >= 4 is 49.0 Å². The Morgan fingerprint density at radius 2 is 1.83 bits per heavy atom. The first-order chi connectivity index (χ1) is 19.5. The molecule has 9 nitrogen and oxygen atoms in total. The molecule has 0 radical (unpaired) electrons. The second kappa shape index (κ2) is 11.3. The van der Waals surface area contributed by atoms with E-state index in [2.05, 4.69) is 15.0 Å². The summed E-state index contributed by atoms with van der Waals surface area (Å²) in [7, 11) is 2.04. The van der Waals surface area contributed by atoms with Crippen molar-refractivity contribution in [2.75, 3.05) is 44.1 Å². The van der Waals surface area contributed by atoms with Crippen LogP contribution in [0.3, 0.4) is 0 Å². The number of nitrogens with zero attached hydrogens (tertiary/aromatic N) is 2. The predicted octanol–water partition coefficient (Wildman–Crippen LogP) is 3.40. The number of aliphatic hydroxyl groups excluding tert-OH is 1. The largest absolute Gasteiger partial charge is 0.394 e. The Morgan fingerprint density at radius 1 is 1.10 bits per heavy atom. The van der Waals surface area contributed by atoms with E-state index in [1.165, 1.54) is 0 Å². The molecule has 0 fully saturated rings. The molecule has 0 aliphatic carbocycles. The van der Waals surface area contributed by atoms with Gasteiger partial charge >= 0.3 is 0 Å². The van der Waals surface area contributed by atoms with Gasteiger partial charge in [-0.05, 0) is 48.1 Å². The average Bonchev–Trinajstić information content (AvgIpc) is 3.36. The van der Waals surface area contributed by atoms with Crippen molar-refractivity contribution in [3.05, 3.63) is 65.9 Å². The van der Waals surface area contributed by atoms with Gasteiger partial charge < -0.3 is 25.2 Å². The zero-order chi connectivity index (χ0) is 29.5. The number of carbonyl (C=O) groups excluding carboxylic acids is 1. The van der Waals surface area contributed by atoms with Gasteiger partial charge in [0.25, 0.3) is 0 Å². The number of hydrogen-bond acceptors (Lipinski definition) is 6. The highest BCUT2D eigenvalue weighted by molar-refractivity contribution is 7.89. The van der Waals surface area contributed by atoms with E-state index < -0.39 is 22.1 Å². The molecule has 0 spiro atoms. The lowest BCUT2D eigenvalue weighted by atomic mass is 9.98. The van der Waals surface area contributed by atoms with Crippen LogP contribution >= 0.6 is 0 Å². The van der Waals surface area contributed by atoms with Crippen molar-refractivity contribution in [3.8, 4) is 0 Å². The molecule has 5 rings (SSSR count). The van der Waals surface area contributed by atoms with Gasteiger partial charge in [-0.2, -0.15) is 0 Å². The van der Waals surface area contributed by atoms with Gasteiger partial charge in [-0.3, -0.25) is 4.79 Å². The quantitative estimate of drug-likeness (QED) is 0.255. The Kier molecular flexibility index (Phi) is 8.00. The predicted molar refractivity (Wildman–Crippen MR) is 165 cm³/mol. The highest BCUT2D eigenvalue weighted by Crippen LogP contribution is 2.36. The summed E-state index contributed by atoms with van der Waals surface area (Å²) in [6, 6.07) is 14.3. The lowest BCUT2D eigenvalue weighted by molar-refractivity contribution is -0.124. The van der Waals surface area contributed by atoms with Crippen molar-refractivity contribution in [3.63, 3.8) is 0 Å². The van der Waals surface area contributed by atoms with Crippen LogP contribution in [0.25, 0.3) is 21.7 Å². The minimum Gasteiger partial charge on any atom is -0.394 e. The van der Waals surface area contributed by atoms with Gasteiger partial charge in [0.2, 0.25) is 15.9 Å². The number of amides is 1. The average molecular weight is 578 g/mol. The third-order valence-corrected chi connectivity index (χ3v) is 9.55. The minimum atomic E-state index is -3.77. The molecule has 218 valence electrons. The summed E-state index contributed by atoms with van der Waals surface area (Å²) in [5.74, 6) is -0.0553. The van der Waals surface area contributed by atoms with Gasteiger partial charge in [0.1, 0.15) is 6.04 Å². The highest BCUT2D eigenvalue weighted by Gasteiger charge is 2.32. The van der Waals surface area contributed by atoms with Crippen molar-refractivity contribution in [2.45, 2.75) is 43.7 Å². The summed E-state index contributed by atoms with van der Waals surface area (Å²) < 4.78 is 29.7. The number of aliphatic hydroxyl groups is 1. The Balaban J connectivity index is 1.45. The van der Waals surface area contributed by atoms with Crippen LogP contribution in [-0.2, 0) is 27.7 Å². The maximum absolute atomic E-state index is 13.5. The summed E-state index contributed by atoms with van der Waals surface area (Å²) in [6.45, 7) is 4.09. The fourth-order valence-electron chi connectivity index (χ4n) is 6.10. The second-order valence-electron chi connectivity index (χ2n) is 11.4. The van der Waals surface area contributed by atoms with E-state index in [9.17, 15) is 18.3 Å². The third kappa shape index (κ3) is 5.39. The number of aromatic amines is 1. The van der Waals surface area contributed by atoms with Crippen LogP contribution in [0.5, 0.6) is 0 Å². The zero-order valence-electron chi connectivity index (χ0n) is 24.2. The molecule has 1 amide bonds. The maximum atomic E-state index is 13.5. The van der Waals surface area contributed by atoms with Crippen molar-refractivity contribution in [2.24, 2.45) is 5.92 Å². The van der Waals surface area contributed by atoms with Crippen LogP contribution in [0, 0.1) is 5.92 Å². The topological polar surface area (TPSA) is 118 Å². The number of aromatic nitrogens is 1. The lowest BCUT2D eigenvalue weighted by Gasteiger charge is -2.32. The number of benzene rings is 3. The monoisotopic (exact) mass is 577 g/mol. The van der Waals surface area contributed by atoms with E-state index in [0.717, 1.165) is 38.8 Å². The Bertz CT molecular complexity index is 1700. The smallest absolute Gasteiger partial charge is 0.243 e. The number of rotatable bonds is 8. The number of sulfonamides is 1. The first-order valence-corrected chi connectivity index (χ1v) is 15.5. The van der Waals surface area contributed by atoms with Crippen LogP contribution in [0.2, 0.25) is 0 Å². The molecule has 0 bridgehead atoms. The van der Waals surface area contributed by atoms with E-state index in [0.29, 0.717) is 18.2 Å². The normalized spacial score (nSPS) is 17.9. The molecule has 3 aromatic carbocycles. The van der Waals surface area contributed by atoms with Crippen molar-refractivity contribution in [1.29, 1.82) is 0 Å².